The Hall–Kier alpha value is -3.78. The van der Waals surface area contributed by atoms with Crippen LogP contribution in [0.2, 0.25) is 0 Å². The smallest absolute Gasteiger partial charge is 0.392 e. The van der Waals surface area contributed by atoms with Gasteiger partial charge in [-0.1, -0.05) is 81.7 Å². The molecule has 1 unspecified atom stereocenters. The molecule has 2 aromatic heterocycles. The van der Waals surface area contributed by atoms with Gasteiger partial charge in [0.1, 0.15) is 5.82 Å². The van der Waals surface area contributed by atoms with Crippen LogP contribution in [0, 0.1) is 12.3 Å². The van der Waals surface area contributed by atoms with Gasteiger partial charge in [-0.05, 0) is 41.5 Å². The summed E-state index contributed by atoms with van der Waals surface area (Å²) in [7, 11) is 0. The van der Waals surface area contributed by atoms with Crippen LogP contribution in [0.25, 0.3) is 22.5 Å². The lowest BCUT2D eigenvalue weighted by atomic mass is 9.85. The fourth-order valence-corrected chi connectivity index (χ4v) is 4.46. The van der Waals surface area contributed by atoms with Crippen LogP contribution >= 0.6 is 0 Å². The Labute approximate surface area is 222 Å². The van der Waals surface area contributed by atoms with Crippen molar-refractivity contribution in [3.05, 3.63) is 92.1 Å². The summed E-state index contributed by atoms with van der Waals surface area (Å²) in [6, 6.07) is 15.7. The van der Waals surface area contributed by atoms with Crippen molar-refractivity contribution in [1.29, 1.82) is 0 Å². The maximum absolute atomic E-state index is 13.8. The molecule has 0 bridgehead atoms. The van der Waals surface area contributed by atoms with E-state index in [0.29, 0.717) is 35.6 Å². The summed E-state index contributed by atoms with van der Waals surface area (Å²) in [6.07, 6.45) is 2.14. The molecule has 0 aliphatic heterocycles. The number of aromatic nitrogens is 4. The zero-order chi connectivity index (χ0) is 27.4. The zero-order valence-corrected chi connectivity index (χ0v) is 22.7. The van der Waals surface area contributed by atoms with E-state index in [1.54, 1.807) is 4.57 Å². The van der Waals surface area contributed by atoms with E-state index in [-0.39, 0.29) is 17.4 Å². The number of rotatable bonds is 9. The zero-order valence-electron chi connectivity index (χ0n) is 22.7. The lowest BCUT2D eigenvalue weighted by molar-refractivity contribution is 0.0630. The molecule has 0 aliphatic carbocycles. The van der Waals surface area contributed by atoms with Gasteiger partial charge >= 0.3 is 5.76 Å². The molecule has 200 valence electrons. The standard InChI is InChI=1S/C30H36N4O4/c1-6-7-13-26-31-19(2)23(17-25(35)30(3,4)5)28(36)34(26)18-20-14-15-22(21-11-9-8-10-12-21)24(16-20)27-32-29(37)38-33-27/h8-12,14-16,25,35H,6-7,13,17-18H2,1-5H3,(H,32,33,37). The van der Waals surface area contributed by atoms with Crippen LogP contribution in [0.5, 0.6) is 0 Å². The van der Waals surface area contributed by atoms with Crippen LogP contribution < -0.4 is 11.3 Å². The molecule has 8 heteroatoms. The minimum absolute atomic E-state index is 0.129. The summed E-state index contributed by atoms with van der Waals surface area (Å²) >= 11 is 0. The quantitative estimate of drug-likeness (QED) is 0.327. The van der Waals surface area contributed by atoms with Gasteiger partial charge in [-0.15, -0.1) is 0 Å². The number of nitrogens with zero attached hydrogens (tertiary/aromatic N) is 3. The van der Waals surface area contributed by atoms with E-state index >= 15 is 0 Å². The molecule has 4 aromatic rings. The third-order valence-corrected chi connectivity index (χ3v) is 6.90. The highest BCUT2D eigenvalue weighted by Gasteiger charge is 2.26. The molecule has 2 aromatic carbocycles. The second-order valence-electron chi connectivity index (χ2n) is 10.9. The first-order valence-corrected chi connectivity index (χ1v) is 13.1. The van der Waals surface area contributed by atoms with Gasteiger partial charge in [-0.25, -0.2) is 9.78 Å². The maximum atomic E-state index is 13.8. The number of aryl methyl sites for hydroxylation is 2. The lowest BCUT2D eigenvalue weighted by Crippen LogP contribution is -2.35. The fraction of sp³-hybridized carbons (Fsp3) is 0.400. The van der Waals surface area contributed by atoms with Gasteiger partial charge in [0.15, 0.2) is 5.82 Å². The fourth-order valence-electron chi connectivity index (χ4n) is 4.46. The number of hydrogen-bond acceptors (Lipinski definition) is 6. The van der Waals surface area contributed by atoms with Crippen LogP contribution in [0.4, 0.5) is 0 Å². The second kappa shape index (κ2) is 11.3. The van der Waals surface area contributed by atoms with E-state index < -0.39 is 11.9 Å². The number of unbranched alkanes of at least 4 members (excludes halogenated alkanes) is 1. The summed E-state index contributed by atoms with van der Waals surface area (Å²) in [5.41, 5.74) is 4.12. The molecule has 2 N–H and O–H groups in total. The van der Waals surface area contributed by atoms with Crippen LogP contribution in [-0.4, -0.2) is 30.9 Å². The van der Waals surface area contributed by atoms with Crippen molar-refractivity contribution in [2.75, 3.05) is 0 Å². The first-order chi connectivity index (χ1) is 18.1. The van der Waals surface area contributed by atoms with Gasteiger partial charge in [0.05, 0.1) is 12.6 Å². The highest BCUT2D eigenvalue weighted by molar-refractivity contribution is 5.80. The predicted octanol–water partition coefficient (Wildman–Crippen LogP) is 4.90. The molecule has 0 saturated carbocycles. The first-order valence-electron chi connectivity index (χ1n) is 13.1. The summed E-state index contributed by atoms with van der Waals surface area (Å²) < 4.78 is 6.52. The Balaban J connectivity index is 1.81. The molecular weight excluding hydrogens is 480 g/mol. The number of hydrogen-bond donors (Lipinski definition) is 2. The number of nitrogens with one attached hydrogen (secondary N) is 1. The molecule has 0 fully saturated rings. The van der Waals surface area contributed by atoms with Crippen molar-refractivity contribution in [3.63, 3.8) is 0 Å². The molecule has 2 heterocycles. The second-order valence-corrected chi connectivity index (χ2v) is 10.9. The molecule has 38 heavy (non-hydrogen) atoms. The van der Waals surface area contributed by atoms with Crippen molar-refractivity contribution >= 4 is 0 Å². The Morgan fingerprint density at radius 1 is 1.08 bits per heavy atom. The number of aliphatic hydroxyl groups excluding tert-OH is 1. The molecule has 0 saturated heterocycles. The Kier molecular flexibility index (Phi) is 8.11. The number of aliphatic hydroxyl groups is 1. The van der Waals surface area contributed by atoms with Gasteiger partial charge in [-0.3, -0.25) is 18.9 Å². The molecule has 0 spiro atoms. The Bertz CT molecular complexity index is 1510. The van der Waals surface area contributed by atoms with Gasteiger partial charge in [0.2, 0.25) is 0 Å². The topological polar surface area (TPSA) is 114 Å². The van der Waals surface area contributed by atoms with Gasteiger partial charge < -0.3 is 5.11 Å². The molecule has 0 aliphatic rings. The average molecular weight is 517 g/mol. The SMILES string of the molecule is CCCCc1nc(C)c(CC(O)C(C)(C)C)c(=O)n1Cc1ccc(-c2ccccc2)c(-c2noc(=O)[nH]2)c1. The number of H-pyrrole nitrogens is 1. The molecular formula is C30H36N4O4. The van der Waals surface area contributed by atoms with Crippen molar-refractivity contribution in [3.8, 4) is 22.5 Å². The van der Waals surface area contributed by atoms with Crippen molar-refractivity contribution < 1.29 is 9.63 Å². The van der Waals surface area contributed by atoms with Crippen molar-refractivity contribution in [2.24, 2.45) is 5.41 Å². The molecule has 4 rings (SSSR count). The van der Waals surface area contributed by atoms with E-state index in [0.717, 1.165) is 35.4 Å². The van der Waals surface area contributed by atoms with Crippen LogP contribution in [0.1, 0.15) is 63.2 Å². The monoisotopic (exact) mass is 516 g/mol. The van der Waals surface area contributed by atoms with Crippen molar-refractivity contribution in [2.45, 2.75) is 73.0 Å². The summed E-state index contributed by atoms with van der Waals surface area (Å²) in [6.45, 7) is 10.1. The van der Waals surface area contributed by atoms with E-state index in [1.807, 2.05) is 76.2 Å². The van der Waals surface area contributed by atoms with Crippen LogP contribution in [-0.2, 0) is 19.4 Å². The molecule has 0 radical (unpaired) electrons. The minimum Gasteiger partial charge on any atom is -0.392 e. The third kappa shape index (κ3) is 6.02. The summed E-state index contributed by atoms with van der Waals surface area (Å²) in [5.74, 6) is 0.421. The molecule has 1 atom stereocenters. The lowest BCUT2D eigenvalue weighted by Gasteiger charge is -2.26. The summed E-state index contributed by atoms with van der Waals surface area (Å²) in [5, 5.41) is 14.7. The number of benzene rings is 2. The summed E-state index contributed by atoms with van der Waals surface area (Å²) in [4.78, 5) is 33.1. The highest BCUT2D eigenvalue weighted by Crippen LogP contribution is 2.31. The highest BCUT2D eigenvalue weighted by atomic mass is 16.5. The predicted molar refractivity (Wildman–Crippen MR) is 148 cm³/mol. The van der Waals surface area contributed by atoms with Crippen molar-refractivity contribution in [1.82, 2.24) is 19.7 Å². The third-order valence-electron chi connectivity index (χ3n) is 6.90. The number of aromatic amines is 1. The maximum Gasteiger partial charge on any atom is 0.439 e. The van der Waals surface area contributed by atoms with E-state index in [9.17, 15) is 14.7 Å². The van der Waals surface area contributed by atoms with Gasteiger partial charge in [-0.2, -0.15) is 0 Å². The van der Waals surface area contributed by atoms with E-state index in [1.165, 1.54) is 0 Å². The average Bonchev–Trinajstić information content (AvgIpc) is 3.33. The van der Waals surface area contributed by atoms with Gasteiger partial charge in [0.25, 0.3) is 5.56 Å². The molecule has 0 amide bonds. The van der Waals surface area contributed by atoms with Gasteiger partial charge in [0, 0.05) is 29.7 Å². The largest absolute Gasteiger partial charge is 0.439 e. The first kappa shape index (κ1) is 27.3. The normalized spacial score (nSPS) is 12.6. The van der Waals surface area contributed by atoms with Crippen LogP contribution in [0.15, 0.2) is 62.6 Å². The van der Waals surface area contributed by atoms with Crippen LogP contribution in [0.3, 0.4) is 0 Å². The Morgan fingerprint density at radius 2 is 1.82 bits per heavy atom. The Morgan fingerprint density at radius 3 is 2.45 bits per heavy atom. The minimum atomic E-state index is -0.675. The molecule has 8 nitrogen and oxygen atoms in total. The van der Waals surface area contributed by atoms with E-state index in [2.05, 4.69) is 17.1 Å². The van der Waals surface area contributed by atoms with E-state index in [4.69, 9.17) is 9.51 Å².